The summed E-state index contributed by atoms with van der Waals surface area (Å²) >= 11 is 0. The second kappa shape index (κ2) is 5.35. The van der Waals surface area contributed by atoms with E-state index in [1.165, 1.54) is 19.3 Å². The van der Waals surface area contributed by atoms with Gasteiger partial charge in [0.15, 0.2) is 0 Å². The Morgan fingerprint density at radius 2 is 2.28 bits per heavy atom. The molecule has 0 aromatic heterocycles. The van der Waals surface area contributed by atoms with Gasteiger partial charge in [-0.2, -0.15) is 0 Å². The predicted molar refractivity (Wildman–Crippen MR) is 71.2 cm³/mol. The molecule has 1 heterocycles. The number of benzene rings is 1. The Kier molecular flexibility index (Phi) is 3.81. The number of likely N-dealkylation sites (tertiary alicyclic amines) is 1. The average Bonchev–Trinajstić information content (AvgIpc) is 2.34. The van der Waals surface area contributed by atoms with Gasteiger partial charge in [0.1, 0.15) is 5.69 Å². The van der Waals surface area contributed by atoms with Gasteiger partial charge >= 0.3 is 0 Å². The molecule has 18 heavy (non-hydrogen) atoms. The van der Waals surface area contributed by atoms with Crippen LogP contribution in [0.1, 0.15) is 31.7 Å². The van der Waals surface area contributed by atoms with Crippen LogP contribution in [-0.4, -0.2) is 22.4 Å². The van der Waals surface area contributed by atoms with Crippen molar-refractivity contribution in [3.63, 3.8) is 0 Å². The molecule has 0 radical (unpaired) electrons. The van der Waals surface area contributed by atoms with Crippen LogP contribution in [0.25, 0.3) is 0 Å². The zero-order valence-corrected chi connectivity index (χ0v) is 10.6. The lowest BCUT2D eigenvalue weighted by Gasteiger charge is -2.33. The molecule has 1 aromatic carbocycles. The van der Waals surface area contributed by atoms with Crippen LogP contribution in [0.15, 0.2) is 18.2 Å². The third-order valence-corrected chi connectivity index (χ3v) is 3.62. The summed E-state index contributed by atoms with van der Waals surface area (Å²) < 4.78 is 0. The lowest BCUT2D eigenvalue weighted by molar-refractivity contribution is -0.384. The quantitative estimate of drug-likeness (QED) is 0.507. The lowest BCUT2D eigenvalue weighted by Crippen LogP contribution is -2.36. The Balaban J connectivity index is 2.14. The SMILES string of the molecule is CC1CCCCN1Cc1ccc(N)c([N+](=O)[O-])c1. The highest BCUT2D eigenvalue weighted by atomic mass is 16.6. The van der Waals surface area contributed by atoms with Crippen molar-refractivity contribution in [2.24, 2.45) is 0 Å². The maximum Gasteiger partial charge on any atom is 0.292 e. The first kappa shape index (κ1) is 12.8. The van der Waals surface area contributed by atoms with Gasteiger partial charge < -0.3 is 5.73 Å². The number of nitro benzene ring substituents is 1. The second-order valence-corrected chi connectivity index (χ2v) is 4.97. The van der Waals surface area contributed by atoms with Gasteiger partial charge in [0.05, 0.1) is 4.92 Å². The van der Waals surface area contributed by atoms with Crippen LogP contribution >= 0.6 is 0 Å². The minimum Gasteiger partial charge on any atom is -0.393 e. The van der Waals surface area contributed by atoms with Crippen molar-refractivity contribution in [2.45, 2.75) is 38.8 Å². The number of nitro groups is 1. The third kappa shape index (κ3) is 2.79. The third-order valence-electron chi connectivity index (χ3n) is 3.62. The maximum absolute atomic E-state index is 10.8. The van der Waals surface area contributed by atoms with Gasteiger partial charge in [-0.05, 0) is 37.9 Å². The highest BCUT2D eigenvalue weighted by Gasteiger charge is 2.19. The van der Waals surface area contributed by atoms with Gasteiger partial charge in [-0.1, -0.05) is 12.5 Å². The molecular weight excluding hydrogens is 230 g/mol. The molecule has 1 aliphatic rings. The molecule has 0 spiro atoms. The van der Waals surface area contributed by atoms with Gasteiger partial charge in [0, 0.05) is 18.7 Å². The average molecular weight is 249 g/mol. The summed E-state index contributed by atoms with van der Waals surface area (Å²) in [6.45, 7) is 4.05. The van der Waals surface area contributed by atoms with E-state index in [4.69, 9.17) is 5.73 Å². The standard InChI is InChI=1S/C13H19N3O2/c1-10-4-2-3-7-15(10)9-11-5-6-12(14)13(8-11)16(17)18/h5-6,8,10H,2-4,7,9,14H2,1H3. The summed E-state index contributed by atoms with van der Waals surface area (Å²) in [4.78, 5) is 12.8. The van der Waals surface area contributed by atoms with Crippen LogP contribution in [-0.2, 0) is 6.54 Å². The highest BCUT2D eigenvalue weighted by Crippen LogP contribution is 2.25. The summed E-state index contributed by atoms with van der Waals surface area (Å²) in [5.74, 6) is 0. The molecule has 1 saturated heterocycles. The second-order valence-electron chi connectivity index (χ2n) is 4.97. The Morgan fingerprint density at radius 1 is 1.50 bits per heavy atom. The topological polar surface area (TPSA) is 72.4 Å². The molecule has 2 rings (SSSR count). The molecule has 5 nitrogen and oxygen atoms in total. The first-order valence-corrected chi connectivity index (χ1v) is 6.35. The molecule has 0 aliphatic carbocycles. The predicted octanol–water partition coefficient (Wildman–Crippen LogP) is 2.55. The largest absolute Gasteiger partial charge is 0.393 e. The van der Waals surface area contributed by atoms with Crippen LogP contribution in [0.2, 0.25) is 0 Å². The van der Waals surface area contributed by atoms with E-state index in [1.54, 1.807) is 12.1 Å². The highest BCUT2D eigenvalue weighted by molar-refractivity contribution is 5.59. The molecule has 1 aromatic rings. The normalized spacial score (nSPS) is 20.8. The Hall–Kier alpha value is -1.62. The number of piperidine rings is 1. The van der Waals surface area contributed by atoms with Crippen molar-refractivity contribution in [3.8, 4) is 0 Å². The monoisotopic (exact) mass is 249 g/mol. The van der Waals surface area contributed by atoms with E-state index in [2.05, 4.69) is 11.8 Å². The van der Waals surface area contributed by atoms with E-state index in [0.29, 0.717) is 6.04 Å². The van der Waals surface area contributed by atoms with E-state index in [0.717, 1.165) is 18.7 Å². The minimum atomic E-state index is -0.418. The fourth-order valence-corrected chi connectivity index (χ4v) is 2.47. The number of rotatable bonds is 3. The molecule has 1 unspecified atom stereocenters. The number of anilines is 1. The van der Waals surface area contributed by atoms with E-state index in [9.17, 15) is 10.1 Å². The summed E-state index contributed by atoms with van der Waals surface area (Å²) in [7, 11) is 0. The number of nitrogen functional groups attached to an aromatic ring is 1. The Morgan fingerprint density at radius 3 is 2.94 bits per heavy atom. The molecule has 98 valence electrons. The Labute approximate surface area is 107 Å². The molecule has 1 aliphatic heterocycles. The van der Waals surface area contributed by atoms with Crippen LogP contribution in [0.4, 0.5) is 11.4 Å². The fourth-order valence-electron chi connectivity index (χ4n) is 2.47. The zero-order chi connectivity index (χ0) is 13.1. The van der Waals surface area contributed by atoms with E-state index < -0.39 is 4.92 Å². The smallest absolute Gasteiger partial charge is 0.292 e. The van der Waals surface area contributed by atoms with E-state index in [1.807, 2.05) is 6.07 Å². The van der Waals surface area contributed by atoms with Gasteiger partial charge in [0.25, 0.3) is 5.69 Å². The van der Waals surface area contributed by atoms with Crippen molar-refractivity contribution in [1.29, 1.82) is 0 Å². The molecule has 2 N–H and O–H groups in total. The van der Waals surface area contributed by atoms with Gasteiger partial charge in [0.2, 0.25) is 0 Å². The van der Waals surface area contributed by atoms with Gasteiger partial charge in [-0.25, -0.2) is 0 Å². The van der Waals surface area contributed by atoms with Crippen LogP contribution in [0.3, 0.4) is 0 Å². The first-order chi connectivity index (χ1) is 8.58. The van der Waals surface area contributed by atoms with Crippen molar-refractivity contribution in [1.82, 2.24) is 4.90 Å². The molecule has 0 bridgehead atoms. The van der Waals surface area contributed by atoms with Crippen LogP contribution in [0.5, 0.6) is 0 Å². The minimum absolute atomic E-state index is 0.0113. The van der Waals surface area contributed by atoms with Gasteiger partial charge in [-0.15, -0.1) is 0 Å². The van der Waals surface area contributed by atoms with Crippen molar-refractivity contribution >= 4 is 11.4 Å². The van der Waals surface area contributed by atoms with Crippen molar-refractivity contribution < 1.29 is 4.92 Å². The lowest BCUT2D eigenvalue weighted by atomic mass is 10.0. The molecule has 0 amide bonds. The van der Waals surface area contributed by atoms with E-state index >= 15 is 0 Å². The molecule has 1 fully saturated rings. The summed E-state index contributed by atoms with van der Waals surface area (Å²) in [6, 6.07) is 5.65. The first-order valence-electron chi connectivity index (χ1n) is 6.35. The maximum atomic E-state index is 10.8. The number of hydrogen-bond donors (Lipinski definition) is 1. The summed E-state index contributed by atoms with van der Waals surface area (Å²) in [6.07, 6.45) is 3.69. The van der Waals surface area contributed by atoms with Crippen molar-refractivity contribution in [3.05, 3.63) is 33.9 Å². The molecular formula is C13H19N3O2. The summed E-state index contributed by atoms with van der Waals surface area (Å²) in [5, 5.41) is 10.8. The number of nitrogens with two attached hydrogens (primary N) is 1. The van der Waals surface area contributed by atoms with Crippen molar-refractivity contribution in [2.75, 3.05) is 12.3 Å². The molecule has 1 atom stereocenters. The molecule has 0 saturated carbocycles. The number of nitrogens with zero attached hydrogens (tertiary/aromatic N) is 2. The van der Waals surface area contributed by atoms with E-state index in [-0.39, 0.29) is 11.4 Å². The Bertz CT molecular complexity index is 448. The summed E-state index contributed by atoms with van der Waals surface area (Å²) in [5.41, 5.74) is 6.80. The zero-order valence-electron chi connectivity index (χ0n) is 10.6. The fraction of sp³-hybridized carbons (Fsp3) is 0.538. The van der Waals surface area contributed by atoms with Crippen LogP contribution < -0.4 is 5.73 Å². The van der Waals surface area contributed by atoms with Gasteiger partial charge in [-0.3, -0.25) is 15.0 Å². The van der Waals surface area contributed by atoms with Crippen LogP contribution in [0, 0.1) is 10.1 Å². The number of hydrogen-bond acceptors (Lipinski definition) is 4. The molecule has 5 heteroatoms.